The third-order valence-corrected chi connectivity index (χ3v) is 4.53. The number of rotatable bonds is 18. The average molecular weight is 308 g/mol. The minimum absolute atomic E-state index is 0.867. The molecule has 0 amide bonds. The lowest BCUT2D eigenvalue weighted by molar-refractivity contribution is 0.526. The van der Waals surface area contributed by atoms with Gasteiger partial charge in [0, 0.05) is 6.42 Å². The second-order valence-electron chi connectivity index (χ2n) is 6.75. The molecule has 0 aromatic rings. The van der Waals surface area contributed by atoms with Crippen LogP contribution in [0.25, 0.3) is 0 Å². The van der Waals surface area contributed by atoms with Crippen LogP contribution < -0.4 is 5.73 Å². The molecule has 0 rings (SSSR count). The van der Waals surface area contributed by atoms with E-state index in [-0.39, 0.29) is 0 Å². The van der Waals surface area contributed by atoms with E-state index in [1.54, 1.807) is 0 Å². The number of hydrogen-bond donors (Lipinski definition) is 1. The minimum atomic E-state index is 0.867. The summed E-state index contributed by atoms with van der Waals surface area (Å²) in [6, 6.07) is 0. The van der Waals surface area contributed by atoms with Gasteiger partial charge in [0.15, 0.2) is 0 Å². The lowest BCUT2D eigenvalue weighted by Crippen LogP contribution is -1.97. The third kappa shape index (κ3) is 19.5. The molecule has 1 heteroatoms. The predicted octanol–water partition coefficient (Wildman–Crippen LogP) is 6.60. The van der Waals surface area contributed by atoms with E-state index in [1.165, 1.54) is 109 Å². The minimum Gasteiger partial charge on any atom is -0.330 e. The van der Waals surface area contributed by atoms with Gasteiger partial charge in [0.05, 0.1) is 0 Å². The Hall–Kier alpha value is -0.480. The van der Waals surface area contributed by atoms with E-state index in [1.807, 2.05) is 0 Å². The molecule has 0 radical (unpaired) electrons. The van der Waals surface area contributed by atoms with E-state index in [2.05, 4.69) is 5.92 Å². The first kappa shape index (κ1) is 21.5. The largest absolute Gasteiger partial charge is 0.330 e. The van der Waals surface area contributed by atoms with Gasteiger partial charge >= 0.3 is 0 Å². The Bertz CT molecular complexity index is 229. The Morgan fingerprint density at radius 2 is 0.727 bits per heavy atom. The highest BCUT2D eigenvalue weighted by Gasteiger charge is 1.94. The van der Waals surface area contributed by atoms with E-state index in [9.17, 15) is 0 Å². The van der Waals surface area contributed by atoms with Gasteiger partial charge in [-0.3, -0.25) is 0 Å². The number of unbranched alkanes of at least 4 members (excludes halogenated alkanes) is 17. The molecule has 2 N–H and O–H groups in total. The monoisotopic (exact) mass is 307 g/mol. The second kappa shape index (κ2) is 20.5. The van der Waals surface area contributed by atoms with Gasteiger partial charge in [0.25, 0.3) is 0 Å². The molecule has 0 atom stereocenters. The van der Waals surface area contributed by atoms with E-state index < -0.39 is 0 Å². The Labute approximate surface area is 140 Å². The summed E-state index contributed by atoms with van der Waals surface area (Å²) < 4.78 is 0. The number of hydrogen-bond acceptors (Lipinski definition) is 1. The highest BCUT2D eigenvalue weighted by molar-refractivity contribution is 4.82. The summed E-state index contributed by atoms with van der Waals surface area (Å²) in [6.07, 6.45) is 29.9. The van der Waals surface area contributed by atoms with E-state index in [0.29, 0.717) is 0 Å². The van der Waals surface area contributed by atoms with Crippen molar-refractivity contribution in [3.8, 4) is 12.3 Å². The third-order valence-electron chi connectivity index (χ3n) is 4.53. The highest BCUT2D eigenvalue weighted by Crippen LogP contribution is 2.14. The molecule has 0 saturated heterocycles. The fourth-order valence-corrected chi connectivity index (χ4v) is 3.02. The molecule has 1 nitrogen and oxygen atoms in total. The Morgan fingerprint density at radius 1 is 0.455 bits per heavy atom. The quantitative estimate of drug-likeness (QED) is 0.224. The first-order chi connectivity index (χ1) is 10.9. The topological polar surface area (TPSA) is 26.0 Å². The van der Waals surface area contributed by atoms with Crippen molar-refractivity contribution in [3.05, 3.63) is 0 Å². The summed E-state index contributed by atoms with van der Waals surface area (Å²) >= 11 is 0. The van der Waals surface area contributed by atoms with Gasteiger partial charge < -0.3 is 5.73 Å². The molecule has 0 aromatic carbocycles. The molecule has 0 aromatic heterocycles. The van der Waals surface area contributed by atoms with Crippen LogP contribution in [0.2, 0.25) is 0 Å². The maximum atomic E-state index is 5.49. The summed E-state index contributed by atoms with van der Waals surface area (Å²) in [7, 11) is 0. The summed E-state index contributed by atoms with van der Waals surface area (Å²) in [5, 5.41) is 0. The van der Waals surface area contributed by atoms with Crippen molar-refractivity contribution in [1.29, 1.82) is 0 Å². The number of terminal acetylenes is 1. The molecular formula is C21H41N. The van der Waals surface area contributed by atoms with Gasteiger partial charge in [-0.25, -0.2) is 0 Å². The smallest absolute Gasteiger partial charge is 0.00860 e. The van der Waals surface area contributed by atoms with Crippen LogP contribution in [0.3, 0.4) is 0 Å². The lowest BCUT2D eigenvalue weighted by atomic mass is 10.0. The molecule has 0 unspecified atom stereocenters. The lowest BCUT2D eigenvalue weighted by Gasteiger charge is -2.03. The fourth-order valence-electron chi connectivity index (χ4n) is 3.02. The van der Waals surface area contributed by atoms with Gasteiger partial charge in [0.2, 0.25) is 0 Å². The van der Waals surface area contributed by atoms with E-state index >= 15 is 0 Å². The van der Waals surface area contributed by atoms with Crippen LogP contribution in [-0.4, -0.2) is 6.54 Å². The van der Waals surface area contributed by atoms with E-state index in [0.717, 1.165) is 13.0 Å². The van der Waals surface area contributed by atoms with Crippen molar-refractivity contribution in [2.24, 2.45) is 5.73 Å². The maximum absolute atomic E-state index is 5.49. The maximum Gasteiger partial charge on any atom is 0.00860 e. The molecule has 0 bridgehead atoms. The zero-order valence-electron chi connectivity index (χ0n) is 15.1. The van der Waals surface area contributed by atoms with Crippen molar-refractivity contribution in [2.45, 2.75) is 116 Å². The van der Waals surface area contributed by atoms with Crippen LogP contribution in [0.4, 0.5) is 0 Å². The van der Waals surface area contributed by atoms with Gasteiger partial charge in [-0.05, 0) is 19.4 Å². The molecule has 0 spiro atoms. The zero-order chi connectivity index (χ0) is 16.1. The van der Waals surface area contributed by atoms with Gasteiger partial charge in [0.1, 0.15) is 0 Å². The van der Waals surface area contributed by atoms with Crippen molar-refractivity contribution in [2.75, 3.05) is 6.54 Å². The Balaban J connectivity index is 2.93. The van der Waals surface area contributed by atoms with Crippen molar-refractivity contribution in [1.82, 2.24) is 0 Å². The SMILES string of the molecule is C#CCCCCCCCCCCCCCCCCCCCN. The summed E-state index contributed by atoms with van der Waals surface area (Å²) in [6.45, 7) is 0.867. The molecule has 0 aliphatic heterocycles. The van der Waals surface area contributed by atoms with Crippen LogP contribution in [0, 0.1) is 12.3 Å². The first-order valence-corrected chi connectivity index (χ1v) is 10.1. The van der Waals surface area contributed by atoms with Crippen LogP contribution >= 0.6 is 0 Å². The summed E-state index contributed by atoms with van der Waals surface area (Å²) in [4.78, 5) is 0. The normalized spacial score (nSPS) is 10.7. The summed E-state index contributed by atoms with van der Waals surface area (Å²) in [5.41, 5.74) is 5.49. The van der Waals surface area contributed by atoms with Crippen LogP contribution in [0.15, 0.2) is 0 Å². The van der Waals surface area contributed by atoms with Crippen molar-refractivity contribution >= 4 is 0 Å². The van der Waals surface area contributed by atoms with E-state index in [4.69, 9.17) is 12.2 Å². The number of nitrogens with two attached hydrogens (primary N) is 1. The van der Waals surface area contributed by atoms with Gasteiger partial charge in [-0.1, -0.05) is 96.3 Å². The Kier molecular flexibility index (Phi) is 20.1. The molecule has 0 fully saturated rings. The average Bonchev–Trinajstić information content (AvgIpc) is 2.54. The molecular weight excluding hydrogens is 266 g/mol. The molecule has 0 heterocycles. The molecule has 0 aliphatic rings. The Morgan fingerprint density at radius 3 is 1.00 bits per heavy atom. The van der Waals surface area contributed by atoms with Crippen LogP contribution in [-0.2, 0) is 0 Å². The highest BCUT2D eigenvalue weighted by atomic mass is 14.5. The fraction of sp³-hybridized carbons (Fsp3) is 0.905. The summed E-state index contributed by atoms with van der Waals surface area (Å²) in [5.74, 6) is 2.72. The van der Waals surface area contributed by atoms with Crippen LogP contribution in [0.5, 0.6) is 0 Å². The van der Waals surface area contributed by atoms with Gasteiger partial charge in [-0.15, -0.1) is 12.3 Å². The molecule has 22 heavy (non-hydrogen) atoms. The zero-order valence-corrected chi connectivity index (χ0v) is 15.1. The van der Waals surface area contributed by atoms with Gasteiger partial charge in [-0.2, -0.15) is 0 Å². The van der Waals surface area contributed by atoms with Crippen molar-refractivity contribution in [3.63, 3.8) is 0 Å². The van der Waals surface area contributed by atoms with Crippen LogP contribution in [0.1, 0.15) is 116 Å². The second-order valence-corrected chi connectivity index (χ2v) is 6.75. The standard InChI is InChI=1S/C21H41N/c1-2-3-4-5-6-7-8-9-10-11-12-13-14-15-16-17-18-19-20-21-22/h1H,3-22H2. The first-order valence-electron chi connectivity index (χ1n) is 10.1. The van der Waals surface area contributed by atoms with Crippen molar-refractivity contribution < 1.29 is 0 Å². The molecule has 130 valence electrons. The predicted molar refractivity (Wildman–Crippen MR) is 101 cm³/mol. The molecule has 0 saturated carbocycles. The molecule has 0 aliphatic carbocycles.